The third-order valence-corrected chi connectivity index (χ3v) is 5.84. The monoisotopic (exact) mass is 444 g/mol. The number of carbonyl (C=O) groups excluding carboxylic acids is 1. The smallest absolute Gasteiger partial charge is 0.409 e. The molecule has 1 fully saturated rings. The molecule has 2 atom stereocenters. The number of hydrogen-bond acceptors (Lipinski definition) is 6. The maximum Gasteiger partial charge on any atom is 0.409 e. The Morgan fingerprint density at radius 2 is 2.09 bits per heavy atom. The Morgan fingerprint density at radius 3 is 2.78 bits per heavy atom. The zero-order chi connectivity index (χ0) is 23.1. The molecule has 2 heterocycles. The van der Waals surface area contributed by atoms with Crippen molar-refractivity contribution >= 4 is 12.1 Å². The molecule has 0 radical (unpaired) electrons. The number of carboxylic acids is 1. The topological polar surface area (TPSA) is 107 Å². The number of aryl methyl sites for hydroxylation is 1. The molecule has 0 saturated heterocycles. The molecule has 1 aliphatic rings. The van der Waals surface area contributed by atoms with Crippen LogP contribution in [-0.4, -0.2) is 56.5 Å². The fourth-order valence-corrected chi connectivity index (χ4v) is 3.85. The molecule has 1 unspecified atom stereocenters. The number of nitrogens with zero attached hydrogens (tertiary/aromatic N) is 4. The second-order valence-corrected chi connectivity index (χ2v) is 8.28. The third-order valence-electron chi connectivity index (χ3n) is 5.84. The van der Waals surface area contributed by atoms with Gasteiger partial charge < -0.3 is 19.5 Å². The summed E-state index contributed by atoms with van der Waals surface area (Å²) in [5, 5.41) is 13.5. The molecule has 0 bridgehead atoms. The van der Waals surface area contributed by atoms with Gasteiger partial charge in [-0.05, 0) is 44.2 Å². The van der Waals surface area contributed by atoms with Gasteiger partial charge in [-0.3, -0.25) is 14.5 Å². The first-order chi connectivity index (χ1) is 15.4. The van der Waals surface area contributed by atoms with E-state index in [1.807, 2.05) is 12.1 Å². The molecular weight excluding hydrogens is 412 g/mol. The summed E-state index contributed by atoms with van der Waals surface area (Å²) in [5.74, 6) is -0.491. The molecule has 0 aliphatic heterocycles. The predicted molar refractivity (Wildman–Crippen MR) is 118 cm³/mol. The Balaban J connectivity index is 1.62. The summed E-state index contributed by atoms with van der Waals surface area (Å²) in [4.78, 5) is 29.5. The lowest BCUT2D eigenvalue weighted by molar-refractivity contribution is -0.143. The van der Waals surface area contributed by atoms with E-state index in [2.05, 4.69) is 17.0 Å². The van der Waals surface area contributed by atoms with E-state index in [0.717, 1.165) is 36.9 Å². The molecule has 9 nitrogen and oxygen atoms in total. The predicted octanol–water partition coefficient (Wildman–Crippen LogP) is 3.87. The first kappa shape index (κ1) is 23.6. The van der Waals surface area contributed by atoms with Crippen molar-refractivity contribution in [1.29, 1.82) is 0 Å². The highest BCUT2D eigenvalue weighted by Gasteiger charge is 2.28. The van der Waals surface area contributed by atoms with Crippen molar-refractivity contribution < 1.29 is 24.2 Å². The van der Waals surface area contributed by atoms with E-state index >= 15 is 0 Å². The van der Waals surface area contributed by atoms with E-state index < -0.39 is 5.97 Å². The molecule has 9 heteroatoms. The summed E-state index contributed by atoms with van der Waals surface area (Å²) >= 11 is 0. The molecular formula is C23H32N4O5. The lowest BCUT2D eigenvalue weighted by atomic mass is 9.87. The molecule has 2 aromatic rings. The summed E-state index contributed by atoms with van der Waals surface area (Å²) in [6.07, 6.45) is 7.71. The number of pyridine rings is 1. The Labute approximate surface area is 188 Å². The number of amides is 1. The highest BCUT2D eigenvalue weighted by atomic mass is 16.6. The van der Waals surface area contributed by atoms with E-state index in [-0.39, 0.29) is 24.7 Å². The third kappa shape index (κ3) is 5.99. The van der Waals surface area contributed by atoms with Crippen molar-refractivity contribution in [1.82, 2.24) is 19.7 Å². The minimum atomic E-state index is -0.756. The number of carboxylic acid groups (broad SMARTS) is 1. The van der Waals surface area contributed by atoms with Gasteiger partial charge >= 0.3 is 12.1 Å². The highest BCUT2D eigenvalue weighted by Crippen LogP contribution is 2.29. The zero-order valence-electron chi connectivity index (χ0n) is 19.0. The number of hydrogen-bond donors (Lipinski definition) is 1. The van der Waals surface area contributed by atoms with Crippen molar-refractivity contribution in [2.24, 2.45) is 13.0 Å². The summed E-state index contributed by atoms with van der Waals surface area (Å²) < 4.78 is 13.1. The van der Waals surface area contributed by atoms with E-state index in [9.17, 15) is 14.7 Å². The Kier molecular flexibility index (Phi) is 8.08. The van der Waals surface area contributed by atoms with Gasteiger partial charge in [-0.25, -0.2) is 4.79 Å². The first-order valence-electron chi connectivity index (χ1n) is 11.1. The van der Waals surface area contributed by atoms with Crippen molar-refractivity contribution in [3.05, 3.63) is 30.2 Å². The standard InChI is InChI=1S/C23H32N4O5/c1-4-5-11-26(2)23(30)31-15-21-19(14-25-27(21)3)20-10-9-18(13-24-20)32-17-8-6-7-16(12-17)22(28)29/h9-10,13-14,16-17H,4-8,11-12,15H2,1-3H3,(H,28,29)/t16?,17-/m0/s1. The molecule has 3 rings (SSSR count). The van der Waals surface area contributed by atoms with Crippen molar-refractivity contribution in [2.75, 3.05) is 13.6 Å². The summed E-state index contributed by atoms with van der Waals surface area (Å²) in [5.41, 5.74) is 2.23. The molecule has 174 valence electrons. The number of aromatic nitrogens is 3. The summed E-state index contributed by atoms with van der Waals surface area (Å²) in [6, 6.07) is 3.66. The van der Waals surface area contributed by atoms with Crippen LogP contribution in [0.3, 0.4) is 0 Å². The highest BCUT2D eigenvalue weighted by molar-refractivity contribution is 5.70. The molecule has 2 aromatic heterocycles. The van der Waals surface area contributed by atoms with E-state index in [0.29, 0.717) is 30.8 Å². The molecule has 0 aromatic carbocycles. The van der Waals surface area contributed by atoms with E-state index in [4.69, 9.17) is 9.47 Å². The zero-order valence-corrected chi connectivity index (χ0v) is 19.0. The second-order valence-electron chi connectivity index (χ2n) is 8.28. The van der Waals surface area contributed by atoms with Crippen LogP contribution in [0.1, 0.15) is 51.1 Å². The largest absolute Gasteiger partial charge is 0.489 e. The molecule has 1 saturated carbocycles. The maximum absolute atomic E-state index is 12.2. The number of ether oxygens (including phenoxy) is 2. The first-order valence-corrected chi connectivity index (χ1v) is 11.1. The lowest BCUT2D eigenvalue weighted by Crippen LogP contribution is -2.29. The van der Waals surface area contributed by atoms with Crippen molar-refractivity contribution in [3.63, 3.8) is 0 Å². The lowest BCUT2D eigenvalue weighted by Gasteiger charge is -2.27. The second kappa shape index (κ2) is 11.0. The normalized spacial score (nSPS) is 18.2. The van der Waals surface area contributed by atoms with Crippen molar-refractivity contribution in [2.45, 2.75) is 58.2 Å². The van der Waals surface area contributed by atoms with Gasteiger partial charge in [0.05, 0.1) is 35.8 Å². The van der Waals surface area contributed by atoms with Gasteiger partial charge in [0.15, 0.2) is 0 Å². The van der Waals surface area contributed by atoms with Crippen LogP contribution in [0.15, 0.2) is 24.5 Å². The van der Waals surface area contributed by atoms with Crippen LogP contribution >= 0.6 is 0 Å². The minimum Gasteiger partial charge on any atom is -0.489 e. The summed E-state index contributed by atoms with van der Waals surface area (Å²) in [7, 11) is 3.53. The van der Waals surface area contributed by atoms with Gasteiger partial charge in [-0.15, -0.1) is 0 Å². The Hall–Kier alpha value is -3.10. The quantitative estimate of drug-likeness (QED) is 0.625. The van der Waals surface area contributed by atoms with Crippen molar-refractivity contribution in [3.8, 4) is 17.0 Å². The fourth-order valence-electron chi connectivity index (χ4n) is 3.85. The van der Waals surface area contributed by atoms with Crippen LogP contribution in [0, 0.1) is 5.92 Å². The van der Waals surface area contributed by atoms with Crippen LogP contribution in [0.25, 0.3) is 11.3 Å². The molecule has 1 N–H and O–H groups in total. The van der Waals surface area contributed by atoms with Crippen LogP contribution in [0.5, 0.6) is 5.75 Å². The van der Waals surface area contributed by atoms with Gasteiger partial charge in [0.25, 0.3) is 0 Å². The van der Waals surface area contributed by atoms with E-state index in [1.54, 1.807) is 36.1 Å². The SMILES string of the molecule is CCCCN(C)C(=O)OCc1c(-c2ccc(O[C@H]3CCCC(C(=O)O)C3)cn2)cnn1C. The molecule has 1 amide bonds. The number of aliphatic carboxylic acids is 1. The van der Waals surface area contributed by atoms with Gasteiger partial charge in [0.2, 0.25) is 0 Å². The molecule has 1 aliphatic carbocycles. The van der Waals surface area contributed by atoms with Crippen LogP contribution in [0.2, 0.25) is 0 Å². The van der Waals surface area contributed by atoms with Crippen LogP contribution < -0.4 is 4.74 Å². The van der Waals surface area contributed by atoms with Gasteiger partial charge in [0, 0.05) is 26.2 Å². The van der Waals surface area contributed by atoms with Gasteiger partial charge in [0.1, 0.15) is 12.4 Å². The van der Waals surface area contributed by atoms with Gasteiger partial charge in [-0.2, -0.15) is 5.10 Å². The maximum atomic E-state index is 12.2. The number of carbonyl (C=O) groups is 2. The summed E-state index contributed by atoms with van der Waals surface area (Å²) in [6.45, 7) is 2.83. The average molecular weight is 445 g/mol. The minimum absolute atomic E-state index is 0.0969. The molecule has 32 heavy (non-hydrogen) atoms. The molecule has 0 spiro atoms. The van der Waals surface area contributed by atoms with E-state index in [1.165, 1.54) is 0 Å². The number of rotatable bonds is 9. The Morgan fingerprint density at radius 1 is 1.28 bits per heavy atom. The number of unbranched alkanes of at least 4 members (excludes halogenated alkanes) is 1. The Bertz CT molecular complexity index is 912. The van der Waals surface area contributed by atoms with Gasteiger partial charge in [-0.1, -0.05) is 13.3 Å². The van der Waals surface area contributed by atoms with Crippen LogP contribution in [0.4, 0.5) is 4.79 Å². The average Bonchev–Trinajstić information content (AvgIpc) is 3.16. The van der Waals surface area contributed by atoms with Crippen LogP contribution in [-0.2, 0) is 23.2 Å². The fraction of sp³-hybridized carbons (Fsp3) is 0.565.